The van der Waals surface area contributed by atoms with Crippen LogP contribution >= 0.6 is 27.7 Å². The highest BCUT2D eigenvalue weighted by Crippen LogP contribution is 2.46. The monoisotopic (exact) mass is 429 g/mol. The number of thioether (sulfide) groups is 1. The zero-order valence-corrected chi connectivity index (χ0v) is 16.9. The third-order valence-electron chi connectivity index (χ3n) is 4.20. The van der Waals surface area contributed by atoms with Crippen LogP contribution in [0.4, 0.5) is 4.39 Å². The lowest BCUT2D eigenvalue weighted by molar-refractivity contribution is -0.153. The quantitative estimate of drug-likeness (QED) is 0.671. The first kappa shape index (κ1) is 18.9. The topological polar surface area (TPSA) is 47.9 Å². The lowest BCUT2D eigenvalue weighted by Gasteiger charge is -2.35. The maximum absolute atomic E-state index is 14.6. The van der Waals surface area contributed by atoms with E-state index in [4.69, 9.17) is 14.5 Å². The van der Waals surface area contributed by atoms with Crippen LogP contribution in [0.2, 0.25) is 0 Å². The van der Waals surface area contributed by atoms with Crippen LogP contribution < -0.4 is 0 Å². The van der Waals surface area contributed by atoms with Gasteiger partial charge in [-0.15, -0.1) is 11.8 Å². The summed E-state index contributed by atoms with van der Waals surface area (Å²) in [7, 11) is 0. The van der Waals surface area contributed by atoms with E-state index in [-0.39, 0.29) is 24.1 Å². The number of ether oxygens (including phenoxy) is 2. The summed E-state index contributed by atoms with van der Waals surface area (Å²) in [6, 6.07) is 4.87. The number of aliphatic imine (C=N–C) groups is 1. The predicted molar refractivity (Wildman–Crippen MR) is 100 cm³/mol. The Hall–Kier alpha value is -0.920. The second-order valence-corrected chi connectivity index (χ2v) is 9.35. The van der Waals surface area contributed by atoms with E-state index in [1.165, 1.54) is 17.8 Å². The van der Waals surface area contributed by atoms with Crippen LogP contribution in [0.3, 0.4) is 0 Å². The third-order valence-corrected chi connectivity index (χ3v) is 5.83. The van der Waals surface area contributed by atoms with Gasteiger partial charge in [0, 0.05) is 21.7 Å². The summed E-state index contributed by atoms with van der Waals surface area (Å²) in [6.45, 7) is 6.37. The molecule has 2 atom stereocenters. The molecular weight excluding hydrogens is 409 g/mol. The van der Waals surface area contributed by atoms with Crippen molar-refractivity contribution in [1.82, 2.24) is 0 Å². The fraction of sp³-hybridized carbons (Fsp3) is 0.556. The van der Waals surface area contributed by atoms with E-state index >= 15 is 0 Å². The van der Waals surface area contributed by atoms with Gasteiger partial charge in [0.25, 0.3) is 0 Å². The Kier molecular flexibility index (Phi) is 5.28. The molecule has 0 bridgehead atoms. The first-order valence-electron chi connectivity index (χ1n) is 8.16. The van der Waals surface area contributed by atoms with Gasteiger partial charge in [-0.1, -0.05) is 15.9 Å². The first-order valence-corrected chi connectivity index (χ1v) is 9.94. The normalized spacial score (nSPS) is 26.1. The molecule has 0 saturated carbocycles. The molecule has 2 aliphatic heterocycles. The van der Waals surface area contributed by atoms with Crippen LogP contribution in [-0.4, -0.2) is 35.6 Å². The standard InChI is InChI=1S/C18H21BrFNO3S/c1-17(2,3)24-16(22)7-15-21-18(10-23-8-11(18)9-25-15)13-6-12(19)4-5-14(13)20/h4-6,11H,7-10H2,1-3H3/t11-,18-/m0/s1. The molecule has 4 nitrogen and oxygen atoms in total. The van der Waals surface area contributed by atoms with Gasteiger partial charge in [-0.05, 0) is 39.0 Å². The molecule has 2 heterocycles. The number of esters is 1. The van der Waals surface area contributed by atoms with E-state index in [1.54, 1.807) is 12.1 Å². The molecule has 7 heteroatoms. The highest BCUT2D eigenvalue weighted by atomic mass is 79.9. The number of halogens is 2. The van der Waals surface area contributed by atoms with Crippen LogP contribution in [0.5, 0.6) is 0 Å². The summed E-state index contributed by atoms with van der Waals surface area (Å²) >= 11 is 4.94. The largest absolute Gasteiger partial charge is 0.460 e. The molecule has 0 amide bonds. The lowest BCUT2D eigenvalue weighted by Crippen LogP contribution is -2.39. The van der Waals surface area contributed by atoms with Crippen molar-refractivity contribution >= 4 is 38.7 Å². The Morgan fingerprint density at radius 3 is 3.00 bits per heavy atom. The van der Waals surface area contributed by atoms with Gasteiger partial charge in [-0.3, -0.25) is 9.79 Å². The Bertz CT molecular complexity index is 719. The van der Waals surface area contributed by atoms with Crippen LogP contribution in [0.1, 0.15) is 32.8 Å². The summed E-state index contributed by atoms with van der Waals surface area (Å²) in [5.41, 5.74) is -0.785. The van der Waals surface area contributed by atoms with E-state index in [1.807, 2.05) is 20.8 Å². The van der Waals surface area contributed by atoms with Crippen LogP contribution in [0.15, 0.2) is 27.7 Å². The minimum atomic E-state index is -0.767. The van der Waals surface area contributed by atoms with Gasteiger partial charge in [0.2, 0.25) is 0 Å². The first-order chi connectivity index (χ1) is 11.7. The molecule has 3 rings (SSSR count). The van der Waals surface area contributed by atoms with E-state index in [0.717, 1.165) is 10.2 Å². The predicted octanol–water partition coefficient (Wildman–Crippen LogP) is 4.31. The Morgan fingerprint density at radius 1 is 1.52 bits per heavy atom. The minimum absolute atomic E-state index is 0.0867. The smallest absolute Gasteiger partial charge is 0.312 e. The van der Waals surface area contributed by atoms with Crippen molar-refractivity contribution < 1.29 is 18.7 Å². The number of nitrogens with zero attached hydrogens (tertiary/aromatic N) is 1. The molecule has 25 heavy (non-hydrogen) atoms. The molecular formula is C18H21BrFNO3S. The number of rotatable bonds is 3. The Labute approximate surface area is 159 Å². The van der Waals surface area contributed by atoms with Crippen molar-refractivity contribution in [2.75, 3.05) is 19.0 Å². The van der Waals surface area contributed by atoms with Crippen molar-refractivity contribution in [1.29, 1.82) is 0 Å². The van der Waals surface area contributed by atoms with E-state index in [2.05, 4.69) is 15.9 Å². The number of hydrogen-bond acceptors (Lipinski definition) is 5. The van der Waals surface area contributed by atoms with Crippen molar-refractivity contribution in [2.24, 2.45) is 10.9 Å². The average molecular weight is 430 g/mol. The molecule has 1 aromatic rings. The summed E-state index contributed by atoms with van der Waals surface area (Å²) in [5, 5.41) is 0.676. The van der Waals surface area contributed by atoms with Crippen molar-refractivity contribution in [3.63, 3.8) is 0 Å². The highest BCUT2D eigenvalue weighted by molar-refractivity contribution is 9.10. The van der Waals surface area contributed by atoms with E-state index < -0.39 is 11.1 Å². The van der Waals surface area contributed by atoms with Crippen LogP contribution in [-0.2, 0) is 19.8 Å². The van der Waals surface area contributed by atoms with E-state index in [9.17, 15) is 9.18 Å². The molecule has 2 aliphatic rings. The molecule has 1 aromatic carbocycles. The molecule has 0 radical (unpaired) electrons. The summed E-state index contributed by atoms with van der Waals surface area (Å²) in [5.74, 6) is 0.212. The fourth-order valence-corrected chi connectivity index (χ4v) is 4.73. The lowest BCUT2D eigenvalue weighted by atomic mass is 9.81. The second-order valence-electron chi connectivity index (χ2n) is 7.34. The summed E-state index contributed by atoms with van der Waals surface area (Å²) < 4.78 is 26.4. The van der Waals surface area contributed by atoms with E-state index in [0.29, 0.717) is 23.8 Å². The van der Waals surface area contributed by atoms with Gasteiger partial charge >= 0.3 is 5.97 Å². The van der Waals surface area contributed by atoms with Gasteiger partial charge in [0.05, 0.1) is 24.7 Å². The number of carbonyl (C=O) groups is 1. The minimum Gasteiger partial charge on any atom is -0.460 e. The SMILES string of the molecule is CC(C)(C)OC(=O)CC1=N[C@@]2(c3cc(Br)ccc3F)COC[C@H]2CS1. The molecule has 1 fully saturated rings. The van der Waals surface area contributed by atoms with Crippen LogP contribution in [0, 0.1) is 11.7 Å². The van der Waals surface area contributed by atoms with Gasteiger partial charge in [-0.2, -0.15) is 0 Å². The maximum atomic E-state index is 14.6. The zero-order chi connectivity index (χ0) is 18.2. The summed E-state index contributed by atoms with van der Waals surface area (Å²) in [4.78, 5) is 17.0. The number of carbonyl (C=O) groups excluding carboxylic acids is 1. The second kappa shape index (κ2) is 7.00. The molecule has 0 aromatic heterocycles. The van der Waals surface area contributed by atoms with Crippen molar-refractivity contribution in [3.05, 3.63) is 34.1 Å². The maximum Gasteiger partial charge on any atom is 0.312 e. The molecule has 0 spiro atoms. The number of hydrogen-bond donors (Lipinski definition) is 0. The summed E-state index contributed by atoms with van der Waals surface area (Å²) in [6.07, 6.45) is 0.103. The molecule has 1 saturated heterocycles. The fourth-order valence-electron chi connectivity index (χ4n) is 3.15. The third kappa shape index (κ3) is 4.09. The van der Waals surface area contributed by atoms with Crippen molar-refractivity contribution in [2.45, 2.75) is 38.3 Å². The van der Waals surface area contributed by atoms with Crippen molar-refractivity contribution in [3.8, 4) is 0 Å². The zero-order valence-electron chi connectivity index (χ0n) is 14.5. The van der Waals surface area contributed by atoms with Gasteiger partial charge in [-0.25, -0.2) is 4.39 Å². The van der Waals surface area contributed by atoms with Gasteiger partial charge < -0.3 is 9.47 Å². The molecule has 0 N–H and O–H groups in total. The molecule has 0 unspecified atom stereocenters. The Morgan fingerprint density at radius 2 is 2.28 bits per heavy atom. The highest BCUT2D eigenvalue weighted by Gasteiger charge is 2.49. The molecule has 136 valence electrons. The van der Waals surface area contributed by atoms with Gasteiger partial charge in [0.1, 0.15) is 17.0 Å². The Balaban J connectivity index is 1.93. The molecule has 0 aliphatic carbocycles. The number of benzene rings is 1. The number of fused-ring (bicyclic) bond motifs is 1. The average Bonchev–Trinajstić information content (AvgIpc) is 2.91. The van der Waals surface area contributed by atoms with Gasteiger partial charge in [0.15, 0.2) is 0 Å². The van der Waals surface area contributed by atoms with Crippen LogP contribution in [0.25, 0.3) is 0 Å².